The van der Waals surface area contributed by atoms with Crippen LogP contribution in [0, 0.1) is 5.82 Å². The highest BCUT2D eigenvalue weighted by Gasteiger charge is 2.15. The molecule has 0 saturated heterocycles. The van der Waals surface area contributed by atoms with Crippen molar-refractivity contribution in [2.24, 2.45) is 0 Å². The molecular formula is C19H23FN5O5P. The summed E-state index contributed by atoms with van der Waals surface area (Å²) in [6.45, 7) is 2.43. The van der Waals surface area contributed by atoms with Crippen molar-refractivity contribution < 1.29 is 23.0 Å². The number of hydrogen-bond donors (Lipinski definition) is 2. The van der Waals surface area contributed by atoms with Gasteiger partial charge in [-0.05, 0) is 17.7 Å². The molecule has 0 aliphatic heterocycles. The number of nitrogen functional groups attached to an aromatic ring is 1. The molecule has 2 aromatic heterocycles. The lowest BCUT2D eigenvalue weighted by atomic mass is 10.2. The zero-order chi connectivity index (χ0) is 22.2. The summed E-state index contributed by atoms with van der Waals surface area (Å²) in [5.74, 6) is -0.409. The molecule has 166 valence electrons. The van der Waals surface area contributed by atoms with E-state index in [1.807, 2.05) is 0 Å². The summed E-state index contributed by atoms with van der Waals surface area (Å²) in [6, 6.07) is 6.05. The van der Waals surface area contributed by atoms with Crippen LogP contribution in [0.1, 0.15) is 18.9 Å². The van der Waals surface area contributed by atoms with Crippen LogP contribution in [0.25, 0.3) is 11.2 Å². The first-order valence-corrected chi connectivity index (χ1v) is 10.9. The van der Waals surface area contributed by atoms with Crippen molar-refractivity contribution in [1.82, 2.24) is 19.5 Å². The molecule has 10 nitrogen and oxygen atoms in total. The van der Waals surface area contributed by atoms with Crippen LogP contribution < -0.4 is 11.3 Å². The normalized spacial score (nSPS) is 12.3. The highest BCUT2D eigenvalue weighted by atomic mass is 31.2. The molecule has 0 aliphatic rings. The Hall–Kier alpha value is -2.72. The molecule has 1 atom stereocenters. The number of ether oxygens (including phenoxy) is 1. The second-order valence-corrected chi connectivity index (χ2v) is 7.94. The monoisotopic (exact) mass is 451 g/mol. The van der Waals surface area contributed by atoms with Gasteiger partial charge >= 0.3 is 0 Å². The molecule has 0 bridgehead atoms. The number of fused-ring (bicyclic) bond motifs is 1. The van der Waals surface area contributed by atoms with Gasteiger partial charge < -0.3 is 24.1 Å². The molecule has 0 amide bonds. The number of anilines is 1. The summed E-state index contributed by atoms with van der Waals surface area (Å²) >= 11 is 0. The highest BCUT2D eigenvalue weighted by molar-refractivity contribution is 7.47. The summed E-state index contributed by atoms with van der Waals surface area (Å²) < 4.78 is 31.9. The van der Waals surface area contributed by atoms with Gasteiger partial charge in [0.2, 0.25) is 5.95 Å². The van der Waals surface area contributed by atoms with Crippen LogP contribution in [-0.4, -0.2) is 44.9 Å². The third-order valence-corrected chi connectivity index (χ3v) is 5.42. The molecule has 0 aliphatic carbocycles. The Kier molecular flexibility index (Phi) is 8.19. The maximum Gasteiger partial charge on any atom is 0.280 e. The largest absolute Gasteiger partial charge is 0.370 e. The molecule has 0 saturated carbocycles. The number of nitrogens with two attached hydrogens (primary N) is 1. The molecule has 3 rings (SSSR count). The first-order chi connectivity index (χ1) is 15.0. The Morgan fingerprint density at radius 1 is 1.35 bits per heavy atom. The zero-order valence-corrected chi connectivity index (χ0v) is 17.8. The van der Waals surface area contributed by atoms with E-state index in [4.69, 9.17) is 19.5 Å². The van der Waals surface area contributed by atoms with E-state index in [0.29, 0.717) is 24.2 Å². The highest BCUT2D eigenvalue weighted by Crippen LogP contribution is 2.39. The van der Waals surface area contributed by atoms with Crippen molar-refractivity contribution >= 4 is 31.3 Å². The third-order valence-electron chi connectivity index (χ3n) is 4.19. The minimum absolute atomic E-state index is 0.00318. The molecule has 1 unspecified atom stereocenters. The molecule has 0 fully saturated rings. The van der Waals surface area contributed by atoms with Crippen LogP contribution in [0.5, 0.6) is 0 Å². The minimum atomic E-state index is -1.53. The summed E-state index contributed by atoms with van der Waals surface area (Å²) in [5, 5.41) is 0. The molecule has 12 heteroatoms. The van der Waals surface area contributed by atoms with Crippen LogP contribution in [0.4, 0.5) is 10.3 Å². The van der Waals surface area contributed by atoms with Gasteiger partial charge in [-0.25, -0.2) is 9.37 Å². The fourth-order valence-electron chi connectivity index (χ4n) is 2.57. The summed E-state index contributed by atoms with van der Waals surface area (Å²) in [4.78, 5) is 33.9. The van der Waals surface area contributed by atoms with Crippen molar-refractivity contribution in [1.29, 1.82) is 0 Å². The van der Waals surface area contributed by atoms with Gasteiger partial charge in [-0.15, -0.1) is 0 Å². The van der Waals surface area contributed by atoms with E-state index < -0.39 is 13.9 Å². The van der Waals surface area contributed by atoms with Crippen molar-refractivity contribution in [2.75, 3.05) is 25.3 Å². The van der Waals surface area contributed by atoms with Crippen LogP contribution >= 0.6 is 8.38 Å². The van der Waals surface area contributed by atoms with E-state index >= 15 is 0 Å². The predicted octanol–water partition coefficient (Wildman–Crippen LogP) is 2.34. The third kappa shape index (κ3) is 6.63. The summed E-state index contributed by atoms with van der Waals surface area (Å²) in [6.07, 6.45) is 1.96. The molecule has 31 heavy (non-hydrogen) atoms. The number of aromatic amines is 1. The number of hydrogen-bond acceptors (Lipinski definition) is 8. The zero-order valence-electron chi connectivity index (χ0n) is 16.9. The Labute approximate surface area is 178 Å². The van der Waals surface area contributed by atoms with Gasteiger partial charge in [0.05, 0.1) is 19.5 Å². The van der Waals surface area contributed by atoms with E-state index in [-0.39, 0.29) is 49.2 Å². The quantitative estimate of drug-likeness (QED) is 0.317. The number of H-pyrrole nitrogens is 1. The Bertz CT molecular complexity index is 1090. The second-order valence-electron chi connectivity index (χ2n) is 6.50. The number of imidazole rings is 1. The molecule has 3 aromatic rings. The average Bonchev–Trinajstić information content (AvgIpc) is 3.15. The van der Waals surface area contributed by atoms with Gasteiger partial charge in [-0.1, -0.05) is 19.1 Å². The Morgan fingerprint density at radius 3 is 2.97 bits per heavy atom. The number of halogens is 1. The Morgan fingerprint density at radius 2 is 2.19 bits per heavy atom. The minimum Gasteiger partial charge on any atom is -0.370 e. The van der Waals surface area contributed by atoms with E-state index in [9.17, 15) is 14.0 Å². The number of carbonyl (C=O) groups excluding carboxylic acids is 1. The number of nitrogens with one attached hydrogen (secondary N) is 1. The SMILES string of the molecule is CCC(=O)COP(COCCn1cnc2c(=O)[nH]c(N)nc21)OCc1cccc(F)c1. The number of ketones is 1. The number of rotatable bonds is 12. The number of Topliss-reactive ketones (excluding diaryl/α,β-unsaturated/α-hetero) is 1. The predicted molar refractivity (Wildman–Crippen MR) is 113 cm³/mol. The van der Waals surface area contributed by atoms with E-state index in [0.717, 1.165) is 0 Å². The van der Waals surface area contributed by atoms with Crippen molar-refractivity contribution in [3.8, 4) is 0 Å². The number of aromatic nitrogens is 4. The smallest absolute Gasteiger partial charge is 0.280 e. The van der Waals surface area contributed by atoms with Gasteiger partial charge in [0.25, 0.3) is 5.56 Å². The lowest BCUT2D eigenvalue weighted by Crippen LogP contribution is -2.13. The van der Waals surface area contributed by atoms with Crippen LogP contribution in [0.2, 0.25) is 0 Å². The van der Waals surface area contributed by atoms with Crippen LogP contribution in [-0.2, 0) is 31.7 Å². The molecule has 1 aromatic carbocycles. The molecule has 2 heterocycles. The summed E-state index contributed by atoms with van der Waals surface area (Å²) in [5.41, 5.74) is 6.38. The maximum absolute atomic E-state index is 13.3. The molecule has 0 spiro atoms. The number of carbonyl (C=O) groups is 1. The fraction of sp³-hybridized carbons (Fsp3) is 0.368. The molecule has 3 N–H and O–H groups in total. The number of benzene rings is 1. The summed E-state index contributed by atoms with van der Waals surface area (Å²) in [7, 11) is -1.53. The first kappa shape index (κ1) is 23.0. The van der Waals surface area contributed by atoms with E-state index in [1.54, 1.807) is 23.6 Å². The Balaban J connectivity index is 1.54. The maximum atomic E-state index is 13.3. The molecular weight excluding hydrogens is 428 g/mol. The van der Waals surface area contributed by atoms with Gasteiger partial charge in [0, 0.05) is 13.0 Å². The van der Waals surface area contributed by atoms with Gasteiger partial charge in [0.1, 0.15) is 18.8 Å². The van der Waals surface area contributed by atoms with Gasteiger partial charge in [-0.3, -0.25) is 14.6 Å². The van der Waals surface area contributed by atoms with Crippen molar-refractivity contribution in [3.05, 3.63) is 52.3 Å². The van der Waals surface area contributed by atoms with Gasteiger partial charge in [0.15, 0.2) is 25.3 Å². The van der Waals surface area contributed by atoms with Crippen LogP contribution in [0.3, 0.4) is 0 Å². The average molecular weight is 451 g/mol. The lowest BCUT2D eigenvalue weighted by molar-refractivity contribution is -0.120. The first-order valence-electron chi connectivity index (χ1n) is 9.54. The van der Waals surface area contributed by atoms with E-state index in [2.05, 4.69) is 15.0 Å². The standard InChI is InChI=1S/C19H23FN5O5P/c1-2-15(26)10-30-31(29-9-13-4-3-5-14(20)8-13)12-28-7-6-25-11-22-16-17(25)23-19(21)24-18(16)27/h3-5,8,11H,2,6-7,9-10,12H2,1H3,(H3,21,23,24,27). The van der Waals surface area contributed by atoms with Crippen molar-refractivity contribution in [3.63, 3.8) is 0 Å². The van der Waals surface area contributed by atoms with Crippen molar-refractivity contribution in [2.45, 2.75) is 26.5 Å². The number of nitrogens with zero attached hydrogens (tertiary/aromatic N) is 3. The van der Waals surface area contributed by atoms with Crippen LogP contribution in [0.15, 0.2) is 35.4 Å². The topological polar surface area (TPSA) is 134 Å². The lowest BCUT2D eigenvalue weighted by Gasteiger charge is -2.17. The fourth-order valence-corrected chi connectivity index (χ4v) is 3.65. The van der Waals surface area contributed by atoms with E-state index in [1.165, 1.54) is 18.5 Å². The van der Waals surface area contributed by atoms with Gasteiger partial charge in [-0.2, -0.15) is 4.98 Å². The second kappa shape index (κ2) is 11.1. The molecule has 0 radical (unpaired) electrons.